The van der Waals surface area contributed by atoms with Crippen molar-refractivity contribution in [1.82, 2.24) is 0 Å². The maximum atomic E-state index is 6.04. The third kappa shape index (κ3) is 5.67. The average molecular weight is 269 g/mol. The molecule has 1 fully saturated rings. The lowest BCUT2D eigenvalue weighted by atomic mass is 9.71. The van der Waals surface area contributed by atoms with Crippen LogP contribution >= 0.6 is 11.8 Å². The molecule has 0 saturated heterocycles. The molecule has 2 atom stereocenters. The van der Waals surface area contributed by atoms with Crippen LogP contribution in [-0.4, -0.2) is 17.0 Å². The van der Waals surface area contributed by atoms with Gasteiger partial charge in [-0.05, 0) is 35.8 Å². The molecule has 106 valence electrons. The van der Waals surface area contributed by atoms with Crippen molar-refractivity contribution in [2.45, 2.75) is 71.6 Å². The van der Waals surface area contributed by atoms with Gasteiger partial charge in [0.25, 0.3) is 0 Å². The first kappa shape index (κ1) is 17.9. The van der Waals surface area contributed by atoms with Gasteiger partial charge in [0, 0.05) is 11.3 Å². The molecular weight excluding hydrogens is 238 g/mol. The van der Waals surface area contributed by atoms with Crippen molar-refractivity contribution in [3.63, 3.8) is 0 Å². The first-order chi connectivity index (χ1) is 8.22. The van der Waals surface area contributed by atoms with Crippen molar-refractivity contribution in [3.8, 4) is 12.8 Å². The fourth-order valence-electron chi connectivity index (χ4n) is 1.88. The van der Waals surface area contributed by atoms with E-state index in [1.54, 1.807) is 0 Å². The SMILES string of the molecule is C#C.CC(C)(C)C(C)(C)CSC1CCCC(N)C1. The van der Waals surface area contributed by atoms with Gasteiger partial charge in [0.05, 0.1) is 0 Å². The van der Waals surface area contributed by atoms with E-state index in [-0.39, 0.29) is 0 Å². The van der Waals surface area contributed by atoms with Crippen LogP contribution in [-0.2, 0) is 0 Å². The molecule has 0 radical (unpaired) electrons. The lowest BCUT2D eigenvalue weighted by molar-refractivity contribution is 0.162. The number of hydrogen-bond donors (Lipinski definition) is 1. The molecule has 1 rings (SSSR count). The monoisotopic (exact) mass is 269 g/mol. The van der Waals surface area contributed by atoms with Crippen molar-refractivity contribution >= 4 is 11.8 Å². The second-order valence-electron chi connectivity index (χ2n) is 6.99. The van der Waals surface area contributed by atoms with Gasteiger partial charge in [-0.25, -0.2) is 0 Å². The zero-order valence-corrected chi connectivity index (χ0v) is 13.6. The largest absolute Gasteiger partial charge is 0.328 e. The van der Waals surface area contributed by atoms with Crippen LogP contribution in [0.5, 0.6) is 0 Å². The molecule has 0 aromatic rings. The van der Waals surface area contributed by atoms with E-state index in [1.807, 2.05) is 0 Å². The summed E-state index contributed by atoms with van der Waals surface area (Å²) in [7, 11) is 0. The van der Waals surface area contributed by atoms with Gasteiger partial charge in [-0.1, -0.05) is 41.0 Å². The second-order valence-corrected chi connectivity index (χ2v) is 8.28. The third-order valence-electron chi connectivity index (χ3n) is 4.38. The highest BCUT2D eigenvalue weighted by atomic mass is 32.2. The Morgan fingerprint density at radius 2 is 1.67 bits per heavy atom. The number of hydrogen-bond acceptors (Lipinski definition) is 2. The average Bonchev–Trinajstić information content (AvgIpc) is 2.28. The molecule has 0 spiro atoms. The van der Waals surface area contributed by atoms with Gasteiger partial charge in [-0.3, -0.25) is 0 Å². The van der Waals surface area contributed by atoms with Crippen LogP contribution in [0.4, 0.5) is 0 Å². The molecule has 2 unspecified atom stereocenters. The minimum Gasteiger partial charge on any atom is -0.328 e. The van der Waals surface area contributed by atoms with Crippen molar-refractivity contribution in [3.05, 3.63) is 0 Å². The summed E-state index contributed by atoms with van der Waals surface area (Å²) in [6.45, 7) is 11.8. The van der Waals surface area contributed by atoms with E-state index >= 15 is 0 Å². The van der Waals surface area contributed by atoms with Crippen molar-refractivity contribution in [2.75, 3.05) is 5.75 Å². The zero-order valence-electron chi connectivity index (χ0n) is 12.8. The van der Waals surface area contributed by atoms with Crippen LogP contribution in [0.1, 0.15) is 60.3 Å². The van der Waals surface area contributed by atoms with Gasteiger partial charge in [0.2, 0.25) is 0 Å². The van der Waals surface area contributed by atoms with E-state index in [2.05, 4.69) is 59.2 Å². The first-order valence-electron chi connectivity index (χ1n) is 6.93. The minimum atomic E-state index is 0.386. The Labute approximate surface area is 119 Å². The Balaban J connectivity index is 0.00000137. The lowest BCUT2D eigenvalue weighted by Crippen LogP contribution is -2.34. The molecule has 2 heteroatoms. The standard InChI is InChI=1S/C14H29NS.C2H2/c1-13(2,3)14(4,5)10-16-12-8-6-7-11(15)9-12;1-2/h11-12H,6-10,15H2,1-5H3;1-2H. The summed E-state index contributed by atoms with van der Waals surface area (Å²) in [6, 6.07) is 0.462. The lowest BCUT2D eigenvalue weighted by Gasteiger charge is -2.40. The molecule has 0 bridgehead atoms. The van der Waals surface area contributed by atoms with Gasteiger partial charge in [0.1, 0.15) is 0 Å². The fourth-order valence-corrected chi connectivity index (χ4v) is 3.68. The van der Waals surface area contributed by atoms with Gasteiger partial charge >= 0.3 is 0 Å². The predicted molar refractivity (Wildman–Crippen MR) is 85.8 cm³/mol. The van der Waals surface area contributed by atoms with Gasteiger partial charge in [-0.2, -0.15) is 11.8 Å². The summed E-state index contributed by atoms with van der Waals surface area (Å²) < 4.78 is 0. The predicted octanol–water partition coefficient (Wildman–Crippen LogP) is 4.31. The fraction of sp³-hybridized carbons (Fsp3) is 0.875. The van der Waals surface area contributed by atoms with Crippen molar-refractivity contribution in [1.29, 1.82) is 0 Å². The molecule has 2 N–H and O–H groups in total. The van der Waals surface area contributed by atoms with Gasteiger partial charge in [0.15, 0.2) is 0 Å². The van der Waals surface area contributed by atoms with Crippen LogP contribution < -0.4 is 5.73 Å². The number of terminal acetylenes is 1. The molecule has 0 aromatic carbocycles. The van der Waals surface area contributed by atoms with Crippen LogP contribution in [0.15, 0.2) is 0 Å². The topological polar surface area (TPSA) is 26.0 Å². The Morgan fingerprint density at radius 1 is 1.11 bits per heavy atom. The van der Waals surface area contributed by atoms with Crippen LogP contribution in [0.3, 0.4) is 0 Å². The van der Waals surface area contributed by atoms with E-state index in [4.69, 9.17) is 5.73 Å². The smallest absolute Gasteiger partial charge is 0.00619 e. The molecule has 0 aliphatic heterocycles. The Morgan fingerprint density at radius 3 is 2.11 bits per heavy atom. The minimum absolute atomic E-state index is 0.386. The molecule has 1 aliphatic rings. The van der Waals surface area contributed by atoms with E-state index < -0.39 is 0 Å². The number of thioether (sulfide) groups is 1. The normalized spacial score (nSPS) is 25.1. The highest BCUT2D eigenvalue weighted by Gasteiger charge is 2.33. The zero-order chi connectivity index (χ0) is 14.4. The maximum Gasteiger partial charge on any atom is 0.00619 e. The molecule has 0 amide bonds. The Bertz CT molecular complexity index is 250. The Hall–Kier alpha value is -0.130. The summed E-state index contributed by atoms with van der Waals surface area (Å²) in [4.78, 5) is 0. The van der Waals surface area contributed by atoms with Crippen LogP contribution in [0.25, 0.3) is 0 Å². The van der Waals surface area contributed by atoms with E-state index in [9.17, 15) is 0 Å². The number of rotatable bonds is 3. The molecule has 1 aliphatic carbocycles. The molecule has 0 heterocycles. The van der Waals surface area contributed by atoms with Gasteiger partial charge in [-0.15, -0.1) is 12.8 Å². The summed E-state index contributed by atoms with van der Waals surface area (Å²) in [5, 5.41) is 0.811. The molecule has 1 nitrogen and oxygen atoms in total. The summed E-state index contributed by atoms with van der Waals surface area (Å²) >= 11 is 2.15. The van der Waals surface area contributed by atoms with E-state index in [0.717, 1.165) is 5.25 Å². The molecular formula is C16H31NS. The maximum absolute atomic E-state index is 6.04. The number of nitrogens with two attached hydrogens (primary N) is 1. The molecule has 18 heavy (non-hydrogen) atoms. The molecule has 1 saturated carbocycles. The highest BCUT2D eigenvalue weighted by Crippen LogP contribution is 2.42. The van der Waals surface area contributed by atoms with Crippen molar-refractivity contribution in [2.24, 2.45) is 16.6 Å². The van der Waals surface area contributed by atoms with Crippen molar-refractivity contribution < 1.29 is 0 Å². The van der Waals surface area contributed by atoms with E-state index in [1.165, 1.54) is 31.4 Å². The second kappa shape index (κ2) is 7.46. The third-order valence-corrected chi connectivity index (χ3v) is 6.16. The Kier molecular flexibility index (Phi) is 7.40. The van der Waals surface area contributed by atoms with Gasteiger partial charge < -0.3 is 5.73 Å². The highest BCUT2D eigenvalue weighted by molar-refractivity contribution is 7.99. The quantitative estimate of drug-likeness (QED) is 0.773. The summed E-state index contributed by atoms with van der Waals surface area (Å²) in [6.07, 6.45) is 13.2. The molecule has 0 aromatic heterocycles. The van der Waals surface area contributed by atoms with Crippen LogP contribution in [0, 0.1) is 23.7 Å². The van der Waals surface area contributed by atoms with E-state index in [0.29, 0.717) is 16.9 Å². The first-order valence-corrected chi connectivity index (χ1v) is 7.98. The summed E-state index contributed by atoms with van der Waals surface area (Å²) in [5.41, 5.74) is 6.82. The van der Waals surface area contributed by atoms with Crippen LogP contribution in [0.2, 0.25) is 0 Å². The summed E-state index contributed by atoms with van der Waals surface area (Å²) in [5.74, 6) is 1.26.